The van der Waals surface area contributed by atoms with E-state index in [1.54, 1.807) is 6.07 Å². The molecule has 0 spiro atoms. The zero-order chi connectivity index (χ0) is 15.4. The van der Waals surface area contributed by atoms with Crippen LogP contribution in [0.5, 0.6) is 0 Å². The predicted octanol–water partition coefficient (Wildman–Crippen LogP) is 5.98. The van der Waals surface area contributed by atoms with E-state index in [9.17, 15) is 4.39 Å². The molecule has 0 amide bonds. The summed E-state index contributed by atoms with van der Waals surface area (Å²) in [5.74, 6) is -0.275. The van der Waals surface area contributed by atoms with Gasteiger partial charge >= 0.3 is 0 Å². The lowest BCUT2D eigenvalue weighted by molar-refractivity contribution is 0.585. The maximum absolute atomic E-state index is 13.7. The summed E-state index contributed by atoms with van der Waals surface area (Å²) in [6.45, 7) is 2.90. The molecule has 0 aliphatic carbocycles. The SMILES string of the molecule is CCCNC(c1cc(F)cc(Br)c1)c1ccc(Cl)c(Cl)c1. The molecule has 0 aliphatic rings. The molecule has 0 saturated carbocycles. The summed E-state index contributed by atoms with van der Waals surface area (Å²) in [6, 6.07) is 10.2. The van der Waals surface area contributed by atoms with E-state index in [1.807, 2.05) is 18.2 Å². The minimum Gasteiger partial charge on any atom is -0.306 e. The third-order valence-corrected chi connectivity index (χ3v) is 4.29. The molecular formula is C16H15BrCl2FN. The Balaban J connectivity index is 2.43. The summed E-state index contributed by atoms with van der Waals surface area (Å²) in [4.78, 5) is 0. The number of benzene rings is 2. The molecule has 1 unspecified atom stereocenters. The van der Waals surface area contributed by atoms with E-state index in [2.05, 4.69) is 28.2 Å². The maximum atomic E-state index is 13.7. The largest absolute Gasteiger partial charge is 0.306 e. The lowest BCUT2D eigenvalue weighted by Crippen LogP contribution is -2.23. The minimum atomic E-state index is -0.275. The van der Waals surface area contributed by atoms with Crippen LogP contribution in [-0.2, 0) is 0 Å². The molecule has 112 valence electrons. The smallest absolute Gasteiger partial charge is 0.124 e. The van der Waals surface area contributed by atoms with Crippen LogP contribution in [0, 0.1) is 5.82 Å². The topological polar surface area (TPSA) is 12.0 Å². The molecule has 2 aromatic carbocycles. The van der Waals surface area contributed by atoms with Gasteiger partial charge in [0.1, 0.15) is 5.82 Å². The minimum absolute atomic E-state index is 0.133. The summed E-state index contributed by atoms with van der Waals surface area (Å²) in [5, 5.41) is 4.42. The summed E-state index contributed by atoms with van der Waals surface area (Å²) < 4.78 is 14.4. The van der Waals surface area contributed by atoms with Crippen LogP contribution < -0.4 is 5.32 Å². The van der Waals surface area contributed by atoms with Crippen molar-refractivity contribution in [1.29, 1.82) is 0 Å². The van der Waals surface area contributed by atoms with Gasteiger partial charge in [-0.15, -0.1) is 0 Å². The Bertz CT molecular complexity index is 613. The van der Waals surface area contributed by atoms with E-state index in [1.165, 1.54) is 12.1 Å². The van der Waals surface area contributed by atoms with Crippen molar-refractivity contribution in [3.63, 3.8) is 0 Å². The van der Waals surface area contributed by atoms with Gasteiger partial charge in [-0.1, -0.05) is 52.1 Å². The van der Waals surface area contributed by atoms with Gasteiger partial charge in [0.05, 0.1) is 16.1 Å². The standard InChI is InChI=1S/C16H15BrCl2FN/c1-2-5-21-16(10-3-4-14(18)15(19)8-10)11-6-12(17)9-13(20)7-11/h3-4,6-9,16,21H,2,5H2,1H3. The third kappa shape index (κ3) is 4.43. The van der Waals surface area contributed by atoms with Gasteiger partial charge in [-0.3, -0.25) is 0 Å². The Hall–Kier alpha value is -0.610. The summed E-state index contributed by atoms with van der Waals surface area (Å²) in [6.07, 6.45) is 0.980. The summed E-state index contributed by atoms with van der Waals surface area (Å²) in [7, 11) is 0. The molecule has 5 heteroatoms. The van der Waals surface area contributed by atoms with Gasteiger partial charge in [0.25, 0.3) is 0 Å². The van der Waals surface area contributed by atoms with Crippen LogP contribution >= 0.6 is 39.1 Å². The zero-order valence-electron chi connectivity index (χ0n) is 11.5. The van der Waals surface area contributed by atoms with Gasteiger partial charge in [-0.25, -0.2) is 4.39 Å². The molecule has 21 heavy (non-hydrogen) atoms. The second-order valence-electron chi connectivity index (χ2n) is 4.76. The first-order chi connectivity index (χ1) is 10.0. The number of halogens is 4. The second kappa shape index (κ2) is 7.59. The van der Waals surface area contributed by atoms with Crippen molar-refractivity contribution in [2.24, 2.45) is 0 Å². The molecule has 0 radical (unpaired) electrons. The Morgan fingerprint density at radius 3 is 2.48 bits per heavy atom. The highest BCUT2D eigenvalue weighted by atomic mass is 79.9. The Morgan fingerprint density at radius 2 is 1.86 bits per heavy atom. The van der Waals surface area contributed by atoms with Crippen LogP contribution in [0.2, 0.25) is 10.0 Å². The molecule has 0 aliphatic heterocycles. The number of hydrogen-bond donors (Lipinski definition) is 1. The molecule has 0 heterocycles. The molecule has 0 fully saturated rings. The van der Waals surface area contributed by atoms with Crippen molar-refractivity contribution >= 4 is 39.1 Å². The van der Waals surface area contributed by atoms with Gasteiger partial charge in [-0.05, 0) is 54.4 Å². The van der Waals surface area contributed by atoms with Gasteiger partial charge in [-0.2, -0.15) is 0 Å². The second-order valence-corrected chi connectivity index (χ2v) is 6.49. The van der Waals surface area contributed by atoms with Gasteiger partial charge in [0.15, 0.2) is 0 Å². The first kappa shape index (κ1) is 16.8. The van der Waals surface area contributed by atoms with E-state index < -0.39 is 0 Å². The molecule has 0 bridgehead atoms. The zero-order valence-corrected chi connectivity index (χ0v) is 14.6. The van der Waals surface area contributed by atoms with Crippen molar-refractivity contribution < 1.29 is 4.39 Å². The third-order valence-electron chi connectivity index (χ3n) is 3.09. The van der Waals surface area contributed by atoms with E-state index in [0.29, 0.717) is 14.5 Å². The Labute approximate surface area is 142 Å². The fourth-order valence-electron chi connectivity index (χ4n) is 2.15. The highest BCUT2D eigenvalue weighted by molar-refractivity contribution is 9.10. The van der Waals surface area contributed by atoms with Crippen LogP contribution in [0.4, 0.5) is 4.39 Å². The first-order valence-corrected chi connectivity index (χ1v) is 8.20. The van der Waals surface area contributed by atoms with E-state index in [0.717, 1.165) is 24.1 Å². The normalized spacial score (nSPS) is 12.4. The van der Waals surface area contributed by atoms with Crippen molar-refractivity contribution in [3.05, 3.63) is 67.9 Å². The molecule has 2 rings (SSSR count). The van der Waals surface area contributed by atoms with E-state index in [4.69, 9.17) is 23.2 Å². The van der Waals surface area contributed by atoms with Gasteiger partial charge in [0.2, 0.25) is 0 Å². The van der Waals surface area contributed by atoms with Crippen molar-refractivity contribution in [2.75, 3.05) is 6.54 Å². The predicted molar refractivity (Wildman–Crippen MR) is 90.7 cm³/mol. The van der Waals surface area contributed by atoms with Crippen molar-refractivity contribution in [2.45, 2.75) is 19.4 Å². The fraction of sp³-hybridized carbons (Fsp3) is 0.250. The van der Waals surface area contributed by atoms with Crippen molar-refractivity contribution in [3.8, 4) is 0 Å². The number of hydrogen-bond acceptors (Lipinski definition) is 1. The average molecular weight is 391 g/mol. The molecule has 1 N–H and O–H groups in total. The average Bonchev–Trinajstić information content (AvgIpc) is 2.42. The van der Waals surface area contributed by atoms with Crippen molar-refractivity contribution in [1.82, 2.24) is 5.32 Å². The highest BCUT2D eigenvalue weighted by Crippen LogP contribution is 2.30. The van der Waals surface area contributed by atoms with E-state index >= 15 is 0 Å². The quantitative estimate of drug-likeness (QED) is 0.661. The molecule has 0 saturated heterocycles. The molecule has 1 atom stereocenters. The number of rotatable bonds is 5. The van der Waals surface area contributed by atoms with Gasteiger partial charge in [0, 0.05) is 4.47 Å². The Morgan fingerprint density at radius 1 is 1.10 bits per heavy atom. The van der Waals surface area contributed by atoms with Crippen LogP contribution in [0.25, 0.3) is 0 Å². The lowest BCUT2D eigenvalue weighted by Gasteiger charge is -2.20. The summed E-state index contributed by atoms with van der Waals surface area (Å²) >= 11 is 15.4. The molecule has 1 nitrogen and oxygen atoms in total. The highest BCUT2D eigenvalue weighted by Gasteiger charge is 2.16. The molecule has 2 aromatic rings. The lowest BCUT2D eigenvalue weighted by atomic mass is 9.98. The van der Waals surface area contributed by atoms with Crippen LogP contribution in [0.1, 0.15) is 30.5 Å². The van der Waals surface area contributed by atoms with Gasteiger partial charge < -0.3 is 5.32 Å². The van der Waals surface area contributed by atoms with Crippen LogP contribution in [0.3, 0.4) is 0 Å². The molecular weight excluding hydrogens is 376 g/mol. The summed E-state index contributed by atoms with van der Waals surface area (Å²) in [5.41, 5.74) is 1.80. The molecule has 0 aromatic heterocycles. The number of nitrogens with one attached hydrogen (secondary N) is 1. The Kier molecular flexibility index (Phi) is 6.06. The maximum Gasteiger partial charge on any atom is 0.124 e. The van der Waals surface area contributed by atoms with Crippen LogP contribution in [-0.4, -0.2) is 6.54 Å². The fourth-order valence-corrected chi connectivity index (χ4v) is 2.94. The van der Waals surface area contributed by atoms with E-state index in [-0.39, 0.29) is 11.9 Å². The first-order valence-electron chi connectivity index (χ1n) is 6.65. The monoisotopic (exact) mass is 389 g/mol. The van der Waals surface area contributed by atoms with Crippen LogP contribution in [0.15, 0.2) is 40.9 Å².